The van der Waals surface area contributed by atoms with E-state index in [0.29, 0.717) is 5.56 Å². The van der Waals surface area contributed by atoms with Gasteiger partial charge in [0.05, 0.1) is 23.1 Å². The molecule has 0 saturated carbocycles. The molecule has 0 atom stereocenters. The Balaban J connectivity index is 2.46. The highest BCUT2D eigenvalue weighted by molar-refractivity contribution is 6.32. The van der Waals surface area contributed by atoms with E-state index in [-0.39, 0.29) is 22.9 Å². The van der Waals surface area contributed by atoms with E-state index in [1.807, 2.05) is 6.07 Å². The fourth-order valence-electron chi connectivity index (χ4n) is 1.73. The van der Waals surface area contributed by atoms with Gasteiger partial charge in [-0.25, -0.2) is 0 Å². The molecule has 0 unspecified atom stereocenters. The largest absolute Gasteiger partial charge is 0.455 e. The van der Waals surface area contributed by atoms with Crippen LogP contribution < -0.4 is 4.74 Å². The number of ether oxygens (including phenoxy) is 1. The minimum absolute atomic E-state index is 0.00296. The van der Waals surface area contributed by atoms with Crippen molar-refractivity contribution in [1.82, 2.24) is 0 Å². The number of para-hydroxylation sites is 1. The first-order valence-corrected chi connectivity index (χ1v) is 6.29. The van der Waals surface area contributed by atoms with E-state index in [4.69, 9.17) is 21.6 Å². The summed E-state index contributed by atoms with van der Waals surface area (Å²) in [4.78, 5) is 0. The molecular weight excluding hydrogens is 303 g/mol. The van der Waals surface area contributed by atoms with Crippen molar-refractivity contribution in [1.29, 1.82) is 5.26 Å². The molecule has 21 heavy (non-hydrogen) atoms. The van der Waals surface area contributed by atoms with Crippen LogP contribution in [0.15, 0.2) is 42.5 Å². The SMILES string of the molecule is N#CCc1ccc(C(F)(F)F)c(Oc2ccccc2Cl)c1. The molecule has 108 valence electrons. The van der Waals surface area contributed by atoms with E-state index in [2.05, 4.69) is 0 Å². The molecule has 2 aromatic carbocycles. The van der Waals surface area contributed by atoms with Gasteiger partial charge >= 0.3 is 6.18 Å². The summed E-state index contributed by atoms with van der Waals surface area (Å²) in [6.45, 7) is 0. The van der Waals surface area contributed by atoms with Crippen molar-refractivity contribution in [2.75, 3.05) is 0 Å². The van der Waals surface area contributed by atoms with Gasteiger partial charge in [0.25, 0.3) is 0 Å². The zero-order valence-electron chi connectivity index (χ0n) is 10.6. The van der Waals surface area contributed by atoms with Gasteiger partial charge in [0.15, 0.2) is 0 Å². The van der Waals surface area contributed by atoms with Crippen molar-refractivity contribution >= 4 is 11.6 Å². The molecule has 2 rings (SSSR count). The van der Waals surface area contributed by atoms with Crippen molar-refractivity contribution in [3.05, 3.63) is 58.6 Å². The van der Waals surface area contributed by atoms with Crippen LogP contribution in [-0.2, 0) is 12.6 Å². The number of hydrogen-bond acceptors (Lipinski definition) is 2. The van der Waals surface area contributed by atoms with Gasteiger partial charge in [-0.3, -0.25) is 0 Å². The number of nitrogens with zero attached hydrogens (tertiary/aromatic N) is 1. The normalized spacial score (nSPS) is 11.0. The van der Waals surface area contributed by atoms with E-state index in [1.165, 1.54) is 24.3 Å². The van der Waals surface area contributed by atoms with Gasteiger partial charge in [0, 0.05) is 0 Å². The van der Waals surface area contributed by atoms with E-state index in [1.54, 1.807) is 12.1 Å². The third-order valence-electron chi connectivity index (χ3n) is 2.69. The maximum absolute atomic E-state index is 13.0. The predicted octanol–water partition coefficient (Wildman–Crippen LogP) is 5.22. The Morgan fingerprint density at radius 2 is 1.81 bits per heavy atom. The molecule has 0 aliphatic heterocycles. The number of halogens is 4. The van der Waals surface area contributed by atoms with Gasteiger partial charge in [0.2, 0.25) is 0 Å². The molecule has 0 radical (unpaired) electrons. The quantitative estimate of drug-likeness (QED) is 0.778. The lowest BCUT2D eigenvalue weighted by molar-refractivity contribution is -0.138. The molecule has 0 aliphatic carbocycles. The fourth-order valence-corrected chi connectivity index (χ4v) is 1.91. The molecule has 0 N–H and O–H groups in total. The molecule has 0 amide bonds. The van der Waals surface area contributed by atoms with E-state index < -0.39 is 11.7 Å². The standard InChI is InChI=1S/C15H9ClF3NO/c16-12-3-1-2-4-13(12)21-14-9-10(7-8-20)5-6-11(14)15(17,18)19/h1-6,9H,7H2. The highest BCUT2D eigenvalue weighted by Crippen LogP contribution is 2.40. The summed E-state index contributed by atoms with van der Waals surface area (Å²) in [6, 6.07) is 11.5. The molecule has 0 aliphatic rings. The summed E-state index contributed by atoms with van der Waals surface area (Å²) in [7, 11) is 0. The Kier molecular flexibility index (Phi) is 4.39. The van der Waals surface area contributed by atoms with Crippen LogP contribution in [0.4, 0.5) is 13.2 Å². The average molecular weight is 312 g/mol. The second kappa shape index (κ2) is 6.06. The molecular formula is C15H9ClF3NO. The summed E-state index contributed by atoms with van der Waals surface area (Å²) >= 11 is 5.88. The minimum atomic E-state index is -4.55. The lowest BCUT2D eigenvalue weighted by Gasteiger charge is -2.15. The molecule has 0 fully saturated rings. The lowest BCUT2D eigenvalue weighted by Crippen LogP contribution is -2.07. The van der Waals surface area contributed by atoms with Crippen molar-refractivity contribution < 1.29 is 17.9 Å². The molecule has 0 bridgehead atoms. The Morgan fingerprint density at radius 3 is 2.43 bits per heavy atom. The zero-order valence-corrected chi connectivity index (χ0v) is 11.4. The number of alkyl halides is 3. The van der Waals surface area contributed by atoms with Crippen LogP contribution in [0.5, 0.6) is 11.5 Å². The smallest absolute Gasteiger partial charge is 0.419 e. The second-order valence-corrected chi connectivity index (χ2v) is 4.60. The van der Waals surface area contributed by atoms with Crippen molar-refractivity contribution in [3.8, 4) is 17.6 Å². The summed E-state index contributed by atoms with van der Waals surface area (Å²) in [5.41, 5.74) is -0.475. The summed E-state index contributed by atoms with van der Waals surface area (Å²) in [5, 5.41) is 8.84. The first-order chi connectivity index (χ1) is 9.91. The van der Waals surface area contributed by atoms with Crippen LogP contribution in [0.25, 0.3) is 0 Å². The van der Waals surface area contributed by atoms with Crippen LogP contribution in [0.2, 0.25) is 5.02 Å². The molecule has 0 aromatic heterocycles. The van der Waals surface area contributed by atoms with Crippen LogP contribution in [0, 0.1) is 11.3 Å². The van der Waals surface area contributed by atoms with Crippen LogP contribution in [-0.4, -0.2) is 0 Å². The number of nitriles is 1. The highest BCUT2D eigenvalue weighted by Gasteiger charge is 2.34. The predicted molar refractivity (Wildman–Crippen MR) is 72.3 cm³/mol. The van der Waals surface area contributed by atoms with Gasteiger partial charge in [-0.15, -0.1) is 0 Å². The van der Waals surface area contributed by atoms with Crippen LogP contribution in [0.3, 0.4) is 0 Å². The van der Waals surface area contributed by atoms with Crippen molar-refractivity contribution in [2.45, 2.75) is 12.6 Å². The first-order valence-electron chi connectivity index (χ1n) is 5.91. The number of hydrogen-bond donors (Lipinski definition) is 0. The van der Waals surface area contributed by atoms with Gasteiger partial charge < -0.3 is 4.74 Å². The monoisotopic (exact) mass is 311 g/mol. The zero-order chi connectivity index (χ0) is 15.5. The van der Waals surface area contributed by atoms with Gasteiger partial charge in [-0.2, -0.15) is 18.4 Å². The van der Waals surface area contributed by atoms with E-state index in [9.17, 15) is 13.2 Å². The highest BCUT2D eigenvalue weighted by atomic mass is 35.5. The molecule has 2 nitrogen and oxygen atoms in total. The molecule has 0 spiro atoms. The Hall–Kier alpha value is -2.19. The van der Waals surface area contributed by atoms with Gasteiger partial charge in [0.1, 0.15) is 11.5 Å². The first kappa shape index (κ1) is 15.2. The number of rotatable bonds is 3. The summed E-state index contributed by atoms with van der Waals surface area (Å²) in [6.07, 6.45) is -4.56. The average Bonchev–Trinajstić information content (AvgIpc) is 2.41. The minimum Gasteiger partial charge on any atom is -0.455 e. The maximum atomic E-state index is 13.0. The topological polar surface area (TPSA) is 33.0 Å². The molecule has 0 saturated heterocycles. The van der Waals surface area contributed by atoms with Crippen LogP contribution >= 0.6 is 11.6 Å². The Labute approximate surface area is 124 Å². The summed E-state index contributed by atoms with van der Waals surface area (Å²) in [5.74, 6) is -0.248. The maximum Gasteiger partial charge on any atom is 0.419 e. The molecule has 0 heterocycles. The Morgan fingerprint density at radius 1 is 1.10 bits per heavy atom. The molecule has 6 heteroatoms. The van der Waals surface area contributed by atoms with Gasteiger partial charge in [-0.05, 0) is 29.8 Å². The lowest BCUT2D eigenvalue weighted by atomic mass is 10.1. The second-order valence-electron chi connectivity index (χ2n) is 4.20. The van der Waals surface area contributed by atoms with Gasteiger partial charge in [-0.1, -0.05) is 29.8 Å². The summed E-state index contributed by atoms with van der Waals surface area (Å²) < 4.78 is 44.3. The van der Waals surface area contributed by atoms with Crippen molar-refractivity contribution in [3.63, 3.8) is 0 Å². The molecule has 2 aromatic rings. The third-order valence-corrected chi connectivity index (χ3v) is 3.00. The number of benzene rings is 2. The fraction of sp³-hybridized carbons (Fsp3) is 0.133. The Bertz CT molecular complexity index is 692. The van der Waals surface area contributed by atoms with E-state index >= 15 is 0 Å². The van der Waals surface area contributed by atoms with E-state index in [0.717, 1.165) is 6.07 Å². The van der Waals surface area contributed by atoms with Crippen molar-refractivity contribution in [2.24, 2.45) is 0 Å². The third kappa shape index (κ3) is 3.67. The van der Waals surface area contributed by atoms with Crippen LogP contribution in [0.1, 0.15) is 11.1 Å².